The van der Waals surface area contributed by atoms with E-state index in [0.717, 1.165) is 5.56 Å². The summed E-state index contributed by atoms with van der Waals surface area (Å²) in [5.41, 5.74) is 1.89. The quantitative estimate of drug-likeness (QED) is 0.834. The summed E-state index contributed by atoms with van der Waals surface area (Å²) >= 11 is 0. The number of amides is 1. The van der Waals surface area contributed by atoms with Crippen molar-refractivity contribution in [2.75, 3.05) is 5.32 Å². The Bertz CT molecular complexity index is 841. The van der Waals surface area contributed by atoms with Gasteiger partial charge in [-0.05, 0) is 25.1 Å². The van der Waals surface area contributed by atoms with E-state index >= 15 is 0 Å². The average molecular weight is 347 g/mol. The Kier molecular flexibility index (Phi) is 3.94. The van der Waals surface area contributed by atoms with Crippen molar-refractivity contribution in [2.24, 2.45) is 5.41 Å². The second kappa shape index (κ2) is 5.72. The number of aryl methyl sites for hydroxylation is 1. The molecule has 25 heavy (non-hydrogen) atoms. The molecule has 0 bridgehead atoms. The van der Waals surface area contributed by atoms with Gasteiger partial charge in [-0.15, -0.1) is 8.78 Å². The van der Waals surface area contributed by atoms with Gasteiger partial charge in [0.15, 0.2) is 11.5 Å². The Morgan fingerprint density at radius 1 is 1.08 bits per heavy atom. The Hall–Kier alpha value is -2.63. The molecule has 3 rings (SSSR count). The Morgan fingerprint density at radius 3 is 2.48 bits per heavy atom. The monoisotopic (exact) mass is 347 g/mol. The van der Waals surface area contributed by atoms with Crippen molar-refractivity contribution in [3.05, 3.63) is 42.0 Å². The van der Waals surface area contributed by atoms with Gasteiger partial charge in [0.25, 0.3) is 0 Å². The molecule has 0 aromatic heterocycles. The van der Waals surface area contributed by atoms with Crippen LogP contribution in [0.4, 0.5) is 14.5 Å². The van der Waals surface area contributed by atoms with Crippen LogP contribution >= 0.6 is 0 Å². The van der Waals surface area contributed by atoms with E-state index in [9.17, 15) is 13.6 Å². The van der Waals surface area contributed by atoms with Gasteiger partial charge in [0.1, 0.15) is 0 Å². The number of halogens is 2. The lowest BCUT2D eigenvalue weighted by atomic mass is 9.94. The molecule has 1 aliphatic heterocycles. The van der Waals surface area contributed by atoms with Gasteiger partial charge in [0, 0.05) is 22.2 Å². The van der Waals surface area contributed by atoms with Gasteiger partial charge in [-0.2, -0.15) is 0 Å². The molecule has 0 unspecified atom stereocenters. The lowest BCUT2D eigenvalue weighted by Gasteiger charge is -2.20. The van der Waals surface area contributed by atoms with Gasteiger partial charge in [-0.1, -0.05) is 44.5 Å². The fourth-order valence-electron chi connectivity index (χ4n) is 2.48. The number of alkyl halides is 2. The number of ether oxygens (including phenoxy) is 2. The first-order valence-corrected chi connectivity index (χ1v) is 7.88. The fraction of sp³-hybridized carbons (Fsp3) is 0.316. The van der Waals surface area contributed by atoms with E-state index in [2.05, 4.69) is 14.8 Å². The maximum atomic E-state index is 13.5. The molecule has 132 valence electrons. The lowest BCUT2D eigenvalue weighted by molar-refractivity contribution is -0.286. The molecule has 0 atom stereocenters. The van der Waals surface area contributed by atoms with Crippen molar-refractivity contribution in [3.8, 4) is 22.6 Å². The summed E-state index contributed by atoms with van der Waals surface area (Å²) in [5, 5.41) is 2.87. The molecule has 0 saturated heterocycles. The minimum absolute atomic E-state index is 0.0305. The van der Waals surface area contributed by atoms with Crippen LogP contribution in [0.15, 0.2) is 36.4 Å². The van der Waals surface area contributed by atoms with Crippen LogP contribution in [-0.2, 0) is 4.79 Å². The first-order chi connectivity index (χ1) is 11.6. The van der Waals surface area contributed by atoms with E-state index in [4.69, 9.17) is 0 Å². The highest BCUT2D eigenvalue weighted by molar-refractivity contribution is 5.99. The normalized spacial score (nSPS) is 15.1. The Morgan fingerprint density at radius 2 is 1.80 bits per heavy atom. The number of hydrogen-bond donors (Lipinski definition) is 1. The van der Waals surface area contributed by atoms with Crippen LogP contribution in [0.25, 0.3) is 11.1 Å². The maximum Gasteiger partial charge on any atom is 0.586 e. The van der Waals surface area contributed by atoms with Gasteiger partial charge in [0.05, 0.1) is 0 Å². The third-order valence-corrected chi connectivity index (χ3v) is 3.82. The van der Waals surface area contributed by atoms with Gasteiger partial charge in [0.2, 0.25) is 5.91 Å². The molecule has 2 aromatic rings. The number of benzene rings is 2. The number of nitrogens with one attached hydrogen (secondary N) is 1. The molecule has 1 heterocycles. The first kappa shape index (κ1) is 17.2. The van der Waals surface area contributed by atoms with Gasteiger partial charge in [-0.3, -0.25) is 4.79 Å². The van der Waals surface area contributed by atoms with E-state index in [0.29, 0.717) is 16.8 Å². The van der Waals surface area contributed by atoms with Gasteiger partial charge >= 0.3 is 6.29 Å². The van der Waals surface area contributed by atoms with E-state index < -0.39 is 11.7 Å². The van der Waals surface area contributed by atoms with E-state index in [1.54, 1.807) is 39.0 Å². The number of fused-ring (bicyclic) bond motifs is 1. The molecular weight excluding hydrogens is 328 g/mol. The third-order valence-electron chi connectivity index (χ3n) is 3.82. The van der Waals surface area contributed by atoms with Crippen LogP contribution < -0.4 is 14.8 Å². The number of carbonyl (C=O) groups excluding carboxylic acids is 1. The number of rotatable bonds is 2. The minimum Gasteiger partial charge on any atom is -0.395 e. The fourth-order valence-corrected chi connectivity index (χ4v) is 2.48. The SMILES string of the molecule is Cc1ccc(NC(=O)C(C)(C)C)c(-c2cccc3c2OC(F)(F)O3)c1. The Labute approximate surface area is 144 Å². The molecule has 0 aliphatic carbocycles. The van der Waals surface area contributed by atoms with Crippen molar-refractivity contribution in [1.29, 1.82) is 0 Å². The third kappa shape index (κ3) is 3.43. The van der Waals surface area contributed by atoms with Crippen molar-refractivity contribution < 1.29 is 23.0 Å². The largest absolute Gasteiger partial charge is 0.586 e. The summed E-state index contributed by atoms with van der Waals surface area (Å²) in [4.78, 5) is 12.4. The van der Waals surface area contributed by atoms with Crippen molar-refractivity contribution in [1.82, 2.24) is 0 Å². The van der Waals surface area contributed by atoms with Crippen LogP contribution in [-0.4, -0.2) is 12.2 Å². The first-order valence-electron chi connectivity index (χ1n) is 7.88. The van der Waals surface area contributed by atoms with E-state index in [1.165, 1.54) is 6.07 Å². The molecule has 1 aliphatic rings. The molecule has 0 spiro atoms. The molecule has 1 N–H and O–H groups in total. The van der Waals surface area contributed by atoms with Crippen LogP contribution in [0.2, 0.25) is 0 Å². The van der Waals surface area contributed by atoms with Crippen LogP contribution in [0.5, 0.6) is 11.5 Å². The highest BCUT2D eigenvalue weighted by atomic mass is 19.3. The summed E-state index contributed by atoms with van der Waals surface area (Å²) < 4.78 is 36.1. The van der Waals surface area contributed by atoms with Crippen LogP contribution in [0.1, 0.15) is 26.3 Å². The lowest BCUT2D eigenvalue weighted by Crippen LogP contribution is -2.28. The van der Waals surface area contributed by atoms with E-state index in [1.807, 2.05) is 19.1 Å². The predicted molar refractivity (Wildman–Crippen MR) is 90.9 cm³/mol. The zero-order chi connectivity index (χ0) is 18.4. The average Bonchev–Trinajstić information content (AvgIpc) is 2.81. The number of carbonyl (C=O) groups is 1. The zero-order valence-electron chi connectivity index (χ0n) is 14.4. The standard InChI is InChI=1S/C19H19F2NO3/c1-11-8-9-14(22-17(23)18(2,3)4)13(10-11)12-6-5-7-15-16(12)25-19(20,21)24-15/h5-10H,1-4H3,(H,22,23). The Balaban J connectivity index is 2.09. The summed E-state index contributed by atoms with van der Waals surface area (Å²) in [5.74, 6) is -0.242. The summed E-state index contributed by atoms with van der Waals surface area (Å²) in [6.07, 6.45) is -3.70. The van der Waals surface area contributed by atoms with Crippen LogP contribution in [0, 0.1) is 12.3 Å². The molecule has 4 nitrogen and oxygen atoms in total. The summed E-state index contributed by atoms with van der Waals surface area (Å²) in [7, 11) is 0. The number of para-hydroxylation sites is 1. The number of hydrogen-bond acceptors (Lipinski definition) is 3. The summed E-state index contributed by atoms with van der Waals surface area (Å²) in [6, 6.07) is 10.1. The van der Waals surface area contributed by atoms with E-state index in [-0.39, 0.29) is 17.4 Å². The second-order valence-electron chi connectivity index (χ2n) is 7.05. The molecule has 2 aromatic carbocycles. The maximum absolute atomic E-state index is 13.5. The summed E-state index contributed by atoms with van der Waals surface area (Å²) in [6.45, 7) is 7.28. The second-order valence-corrected chi connectivity index (χ2v) is 7.05. The predicted octanol–water partition coefficient (Wildman–Crippen LogP) is 4.97. The van der Waals surface area contributed by atoms with Crippen molar-refractivity contribution >= 4 is 11.6 Å². The topological polar surface area (TPSA) is 47.6 Å². The van der Waals surface area contributed by atoms with Crippen molar-refractivity contribution in [3.63, 3.8) is 0 Å². The van der Waals surface area contributed by atoms with Crippen molar-refractivity contribution in [2.45, 2.75) is 34.0 Å². The molecule has 0 fully saturated rings. The molecular formula is C19H19F2NO3. The smallest absolute Gasteiger partial charge is 0.395 e. The highest BCUT2D eigenvalue weighted by Crippen LogP contribution is 2.48. The molecule has 1 amide bonds. The zero-order valence-corrected chi connectivity index (χ0v) is 14.4. The van der Waals surface area contributed by atoms with Crippen LogP contribution in [0.3, 0.4) is 0 Å². The van der Waals surface area contributed by atoms with Gasteiger partial charge < -0.3 is 14.8 Å². The molecule has 0 radical (unpaired) electrons. The molecule has 0 saturated carbocycles. The highest BCUT2D eigenvalue weighted by Gasteiger charge is 2.44. The molecule has 6 heteroatoms. The van der Waals surface area contributed by atoms with Gasteiger partial charge in [-0.25, -0.2) is 0 Å². The number of anilines is 1. The minimum atomic E-state index is -3.70.